The number of amides is 1. The molecule has 0 atom stereocenters. The number of aryl methyl sites for hydroxylation is 1. The van der Waals surface area contributed by atoms with Gasteiger partial charge in [-0.15, -0.1) is 0 Å². The minimum absolute atomic E-state index is 0.159. The summed E-state index contributed by atoms with van der Waals surface area (Å²) in [5.74, 6) is -0.180. The van der Waals surface area contributed by atoms with Gasteiger partial charge in [0.25, 0.3) is 11.6 Å². The highest BCUT2D eigenvalue weighted by Crippen LogP contribution is 2.25. The summed E-state index contributed by atoms with van der Waals surface area (Å²) in [7, 11) is 1.39. The lowest BCUT2D eigenvalue weighted by Gasteiger charge is -2.09. The predicted molar refractivity (Wildman–Crippen MR) is 93.4 cm³/mol. The molecule has 0 spiro atoms. The number of carbonyl (C=O) groups is 2. The van der Waals surface area contributed by atoms with Crippen LogP contribution in [0.4, 0.5) is 0 Å². The maximum atomic E-state index is 12.6. The van der Waals surface area contributed by atoms with Crippen LogP contribution >= 0.6 is 0 Å². The van der Waals surface area contributed by atoms with Crippen LogP contribution in [0.25, 0.3) is 11.1 Å². The van der Waals surface area contributed by atoms with E-state index in [0.29, 0.717) is 35.3 Å². The maximum absolute atomic E-state index is 12.6. The lowest BCUT2D eigenvalue weighted by Crippen LogP contribution is -2.25. The van der Waals surface area contributed by atoms with Gasteiger partial charge in [0.1, 0.15) is 0 Å². The zero-order valence-electron chi connectivity index (χ0n) is 15.2. The van der Waals surface area contributed by atoms with Crippen molar-refractivity contribution in [3.05, 3.63) is 23.0 Å². The molecule has 25 heavy (non-hydrogen) atoms. The quantitative estimate of drug-likeness (QED) is 0.582. The molecule has 7 heteroatoms. The second-order valence-corrected chi connectivity index (χ2v) is 6.34. The standard InChI is InChI=1S/C18H25N3O4/c1-11(2)14-10-13(16-12(3)21-25-18(16)20-14)17(23)19-9-7-5-6-8-15(22)24-4/h10-11H,5-9H2,1-4H3,(H,19,23). The molecule has 1 amide bonds. The van der Waals surface area contributed by atoms with Gasteiger partial charge in [0.15, 0.2) is 0 Å². The Labute approximate surface area is 147 Å². The van der Waals surface area contributed by atoms with E-state index in [9.17, 15) is 9.59 Å². The van der Waals surface area contributed by atoms with E-state index in [1.165, 1.54) is 7.11 Å². The summed E-state index contributed by atoms with van der Waals surface area (Å²) in [6.45, 7) is 6.37. The molecule has 0 aliphatic rings. The van der Waals surface area contributed by atoms with E-state index in [0.717, 1.165) is 25.0 Å². The first kappa shape index (κ1) is 18.9. The number of hydrogen-bond acceptors (Lipinski definition) is 6. The van der Waals surface area contributed by atoms with Crippen molar-refractivity contribution >= 4 is 23.0 Å². The summed E-state index contributed by atoms with van der Waals surface area (Å²) in [5, 5.41) is 7.51. The Hall–Kier alpha value is -2.44. The fraction of sp³-hybridized carbons (Fsp3) is 0.556. The van der Waals surface area contributed by atoms with Gasteiger partial charge < -0.3 is 14.6 Å². The average Bonchev–Trinajstić information content (AvgIpc) is 2.97. The van der Waals surface area contributed by atoms with E-state index in [4.69, 9.17) is 4.52 Å². The van der Waals surface area contributed by atoms with Crippen molar-refractivity contribution in [2.24, 2.45) is 0 Å². The van der Waals surface area contributed by atoms with Crippen LogP contribution in [0.3, 0.4) is 0 Å². The van der Waals surface area contributed by atoms with Crippen molar-refractivity contribution in [1.29, 1.82) is 0 Å². The Kier molecular flexibility index (Phi) is 6.50. The molecule has 2 aromatic rings. The number of pyridine rings is 1. The van der Waals surface area contributed by atoms with E-state index in [2.05, 4.69) is 20.2 Å². The molecule has 0 unspecified atom stereocenters. The second kappa shape index (κ2) is 8.60. The van der Waals surface area contributed by atoms with Crippen molar-refractivity contribution in [1.82, 2.24) is 15.5 Å². The summed E-state index contributed by atoms with van der Waals surface area (Å²) < 4.78 is 9.83. The van der Waals surface area contributed by atoms with Crippen LogP contribution in [0, 0.1) is 6.92 Å². The van der Waals surface area contributed by atoms with Gasteiger partial charge in [-0.3, -0.25) is 9.59 Å². The highest BCUT2D eigenvalue weighted by atomic mass is 16.5. The van der Waals surface area contributed by atoms with Gasteiger partial charge in [-0.05, 0) is 31.7 Å². The second-order valence-electron chi connectivity index (χ2n) is 6.34. The number of fused-ring (bicyclic) bond motifs is 1. The SMILES string of the molecule is COC(=O)CCCCCNC(=O)c1cc(C(C)C)nc2onc(C)c12. The number of unbranched alkanes of at least 4 members (excludes halogenated alkanes) is 2. The van der Waals surface area contributed by atoms with Crippen LogP contribution in [0.5, 0.6) is 0 Å². The van der Waals surface area contributed by atoms with Crippen LogP contribution < -0.4 is 5.32 Å². The Morgan fingerprint density at radius 3 is 2.72 bits per heavy atom. The van der Waals surface area contributed by atoms with Gasteiger partial charge >= 0.3 is 5.97 Å². The molecule has 0 saturated carbocycles. The number of nitrogens with one attached hydrogen (secondary N) is 1. The van der Waals surface area contributed by atoms with Crippen molar-refractivity contribution in [3.63, 3.8) is 0 Å². The van der Waals surface area contributed by atoms with Crippen molar-refractivity contribution in [2.45, 2.75) is 52.4 Å². The Morgan fingerprint density at radius 1 is 1.28 bits per heavy atom. The number of aromatic nitrogens is 2. The zero-order chi connectivity index (χ0) is 18.4. The van der Waals surface area contributed by atoms with Crippen molar-refractivity contribution < 1.29 is 18.8 Å². The summed E-state index contributed by atoms with van der Waals surface area (Å²) in [4.78, 5) is 28.1. The van der Waals surface area contributed by atoms with Crippen LogP contribution in [0.15, 0.2) is 10.6 Å². The third-order valence-electron chi connectivity index (χ3n) is 4.04. The molecule has 0 radical (unpaired) electrons. The van der Waals surface area contributed by atoms with Gasteiger partial charge in [-0.2, -0.15) is 0 Å². The molecule has 0 fully saturated rings. The maximum Gasteiger partial charge on any atom is 0.305 e. The third kappa shape index (κ3) is 4.78. The summed E-state index contributed by atoms with van der Waals surface area (Å²) in [5.41, 5.74) is 2.39. The van der Waals surface area contributed by atoms with Crippen LogP contribution in [-0.2, 0) is 9.53 Å². The molecule has 0 aliphatic heterocycles. The number of rotatable bonds is 8. The molecule has 2 heterocycles. The monoisotopic (exact) mass is 347 g/mol. The van der Waals surface area contributed by atoms with E-state index in [1.807, 2.05) is 19.9 Å². The van der Waals surface area contributed by atoms with E-state index in [1.54, 1.807) is 6.92 Å². The molecule has 0 aliphatic carbocycles. The highest BCUT2D eigenvalue weighted by Gasteiger charge is 2.19. The Bertz CT molecular complexity index is 752. The zero-order valence-corrected chi connectivity index (χ0v) is 15.2. The molecule has 136 valence electrons. The Balaban J connectivity index is 1.99. The van der Waals surface area contributed by atoms with Crippen molar-refractivity contribution in [2.75, 3.05) is 13.7 Å². The first-order valence-electron chi connectivity index (χ1n) is 8.56. The third-order valence-corrected chi connectivity index (χ3v) is 4.04. The molecule has 0 aromatic carbocycles. The minimum Gasteiger partial charge on any atom is -0.469 e. The summed E-state index contributed by atoms with van der Waals surface area (Å²) >= 11 is 0. The molecular formula is C18H25N3O4. The van der Waals surface area contributed by atoms with E-state index >= 15 is 0 Å². The fourth-order valence-electron chi connectivity index (χ4n) is 2.56. The number of carbonyl (C=O) groups excluding carboxylic acids is 2. The number of hydrogen-bond donors (Lipinski definition) is 1. The lowest BCUT2D eigenvalue weighted by molar-refractivity contribution is -0.140. The number of nitrogens with zero attached hydrogens (tertiary/aromatic N) is 2. The molecule has 0 saturated heterocycles. The summed E-state index contributed by atoms with van der Waals surface area (Å²) in [6, 6.07) is 1.81. The van der Waals surface area contributed by atoms with Crippen LogP contribution in [0.1, 0.15) is 67.2 Å². The van der Waals surface area contributed by atoms with Crippen LogP contribution in [0.2, 0.25) is 0 Å². The number of ether oxygens (including phenoxy) is 1. The molecule has 1 N–H and O–H groups in total. The molecule has 7 nitrogen and oxygen atoms in total. The first-order chi connectivity index (χ1) is 11.9. The van der Waals surface area contributed by atoms with Gasteiger partial charge in [-0.1, -0.05) is 25.4 Å². The van der Waals surface area contributed by atoms with Crippen LogP contribution in [-0.4, -0.2) is 35.7 Å². The topological polar surface area (TPSA) is 94.3 Å². The number of esters is 1. The minimum atomic E-state index is -0.202. The fourth-order valence-corrected chi connectivity index (χ4v) is 2.56. The van der Waals surface area contributed by atoms with Crippen molar-refractivity contribution in [3.8, 4) is 0 Å². The molecular weight excluding hydrogens is 322 g/mol. The normalized spacial score (nSPS) is 11.1. The smallest absolute Gasteiger partial charge is 0.305 e. The van der Waals surface area contributed by atoms with Gasteiger partial charge in [0.2, 0.25) is 0 Å². The lowest BCUT2D eigenvalue weighted by atomic mass is 10.0. The molecule has 2 rings (SSSR count). The molecule has 2 aromatic heterocycles. The first-order valence-corrected chi connectivity index (χ1v) is 8.56. The molecule has 0 bridgehead atoms. The predicted octanol–water partition coefficient (Wildman–Crippen LogP) is 3.12. The van der Waals surface area contributed by atoms with E-state index < -0.39 is 0 Å². The average molecular weight is 347 g/mol. The summed E-state index contributed by atoms with van der Waals surface area (Å²) in [6.07, 6.45) is 2.82. The number of methoxy groups -OCH3 is 1. The Morgan fingerprint density at radius 2 is 2.04 bits per heavy atom. The largest absolute Gasteiger partial charge is 0.469 e. The highest BCUT2D eigenvalue weighted by molar-refractivity contribution is 6.06. The van der Waals surface area contributed by atoms with E-state index in [-0.39, 0.29) is 17.8 Å². The van der Waals surface area contributed by atoms with Gasteiger partial charge in [0.05, 0.1) is 23.8 Å². The van der Waals surface area contributed by atoms with Gasteiger partial charge in [0, 0.05) is 18.7 Å². The van der Waals surface area contributed by atoms with Gasteiger partial charge in [-0.25, -0.2) is 4.98 Å².